The Morgan fingerprint density at radius 3 is 2.52 bits per heavy atom. The number of ketones is 1. The van der Waals surface area contributed by atoms with Crippen molar-refractivity contribution in [3.63, 3.8) is 0 Å². The molecule has 1 saturated heterocycles. The van der Waals surface area contributed by atoms with Crippen LogP contribution >= 0.6 is 11.8 Å². The van der Waals surface area contributed by atoms with Crippen molar-refractivity contribution in [2.75, 3.05) is 33.3 Å². The van der Waals surface area contributed by atoms with Gasteiger partial charge in [-0.3, -0.25) is 4.79 Å². The first-order valence-corrected chi connectivity index (χ1v) is 10.00. The molecule has 8 heteroatoms. The SMILES string of the molecule is COc1ccc(OC(=O)N2CCNCC2)c2c1C(=O)/C(=C/c1ccc(O)cc1)S2. The Balaban J connectivity index is 1.64. The molecular formula is C21H20N2O5S. The molecule has 0 spiro atoms. The molecule has 150 valence electrons. The minimum atomic E-state index is -0.428. The highest BCUT2D eigenvalue weighted by atomic mass is 32.2. The first kappa shape index (κ1) is 19.4. The molecule has 0 unspecified atom stereocenters. The fourth-order valence-electron chi connectivity index (χ4n) is 3.21. The number of fused-ring (bicyclic) bond motifs is 1. The van der Waals surface area contributed by atoms with Gasteiger partial charge >= 0.3 is 6.09 Å². The maximum atomic E-state index is 13.0. The Morgan fingerprint density at radius 2 is 1.83 bits per heavy atom. The summed E-state index contributed by atoms with van der Waals surface area (Å²) in [7, 11) is 1.50. The van der Waals surface area contributed by atoms with Crippen LogP contribution in [0.1, 0.15) is 15.9 Å². The van der Waals surface area contributed by atoms with Crippen LogP contribution in [0.5, 0.6) is 17.2 Å². The summed E-state index contributed by atoms with van der Waals surface area (Å²) in [6.45, 7) is 2.61. The summed E-state index contributed by atoms with van der Waals surface area (Å²) in [5, 5.41) is 12.6. The summed E-state index contributed by atoms with van der Waals surface area (Å²) in [6.07, 6.45) is 1.32. The number of amides is 1. The monoisotopic (exact) mass is 412 g/mol. The molecule has 2 aromatic rings. The Kier molecular flexibility index (Phi) is 5.46. The highest BCUT2D eigenvalue weighted by Gasteiger charge is 2.33. The summed E-state index contributed by atoms with van der Waals surface area (Å²) >= 11 is 1.25. The van der Waals surface area contributed by atoms with Crippen molar-refractivity contribution in [2.24, 2.45) is 0 Å². The number of thioether (sulfide) groups is 1. The van der Waals surface area contributed by atoms with Crippen LogP contribution in [-0.4, -0.2) is 55.2 Å². The van der Waals surface area contributed by atoms with Crippen LogP contribution in [0, 0.1) is 0 Å². The minimum Gasteiger partial charge on any atom is -0.508 e. The molecule has 0 aliphatic carbocycles. The number of hydrogen-bond donors (Lipinski definition) is 2. The molecule has 1 fully saturated rings. The number of carbonyl (C=O) groups is 2. The van der Waals surface area contributed by atoms with Gasteiger partial charge in [0.1, 0.15) is 17.2 Å². The quantitative estimate of drug-likeness (QED) is 0.749. The zero-order valence-corrected chi connectivity index (χ0v) is 16.6. The average molecular weight is 412 g/mol. The third-order valence-electron chi connectivity index (χ3n) is 4.73. The van der Waals surface area contributed by atoms with Crippen LogP contribution in [0.2, 0.25) is 0 Å². The van der Waals surface area contributed by atoms with E-state index in [0.717, 1.165) is 18.7 Å². The van der Waals surface area contributed by atoms with Gasteiger partial charge in [-0.1, -0.05) is 23.9 Å². The highest BCUT2D eigenvalue weighted by molar-refractivity contribution is 8.05. The van der Waals surface area contributed by atoms with Crippen molar-refractivity contribution < 1.29 is 24.2 Å². The fraction of sp³-hybridized carbons (Fsp3) is 0.238. The van der Waals surface area contributed by atoms with Crippen molar-refractivity contribution in [3.8, 4) is 17.2 Å². The molecule has 2 aliphatic heterocycles. The number of phenolic OH excluding ortho intramolecular Hbond substituents is 1. The molecule has 0 bridgehead atoms. The zero-order valence-electron chi connectivity index (χ0n) is 15.8. The number of benzene rings is 2. The Bertz CT molecular complexity index is 981. The molecular weight excluding hydrogens is 392 g/mol. The smallest absolute Gasteiger partial charge is 0.415 e. The zero-order chi connectivity index (χ0) is 20.4. The van der Waals surface area contributed by atoms with Gasteiger partial charge in [-0.05, 0) is 35.9 Å². The van der Waals surface area contributed by atoms with Crippen molar-refractivity contribution in [1.82, 2.24) is 10.2 Å². The summed E-state index contributed by atoms with van der Waals surface area (Å²) in [4.78, 5) is 28.2. The van der Waals surface area contributed by atoms with Crippen molar-refractivity contribution >= 4 is 29.7 Å². The van der Waals surface area contributed by atoms with Gasteiger partial charge < -0.3 is 24.8 Å². The predicted molar refractivity (Wildman–Crippen MR) is 110 cm³/mol. The maximum absolute atomic E-state index is 13.0. The van der Waals surface area contributed by atoms with Gasteiger partial charge in [0.2, 0.25) is 5.78 Å². The second-order valence-electron chi connectivity index (χ2n) is 6.61. The Labute approximate surface area is 172 Å². The van der Waals surface area contributed by atoms with Crippen LogP contribution in [0.3, 0.4) is 0 Å². The molecule has 0 radical (unpaired) electrons. The maximum Gasteiger partial charge on any atom is 0.415 e. The summed E-state index contributed by atoms with van der Waals surface area (Å²) in [5.41, 5.74) is 1.18. The summed E-state index contributed by atoms with van der Waals surface area (Å²) in [6, 6.07) is 9.86. The standard InChI is InChI=1S/C21H20N2O5S/c1-27-15-6-7-16(28-21(26)23-10-8-22-9-11-23)20-18(15)19(25)17(29-20)12-13-2-4-14(24)5-3-13/h2-7,12,22,24H,8-11H2,1H3/b17-12-. The number of ether oxygens (including phenoxy) is 2. The van der Waals surface area contributed by atoms with E-state index in [9.17, 15) is 14.7 Å². The molecule has 1 amide bonds. The van der Waals surface area contributed by atoms with Crippen molar-refractivity contribution in [1.29, 1.82) is 0 Å². The van der Waals surface area contributed by atoms with E-state index in [2.05, 4.69) is 5.32 Å². The van der Waals surface area contributed by atoms with Crippen molar-refractivity contribution in [3.05, 3.63) is 52.4 Å². The lowest BCUT2D eigenvalue weighted by molar-refractivity contribution is 0.104. The lowest BCUT2D eigenvalue weighted by Crippen LogP contribution is -2.47. The molecule has 7 nitrogen and oxygen atoms in total. The second-order valence-corrected chi connectivity index (χ2v) is 7.66. The molecule has 2 aliphatic rings. The predicted octanol–water partition coefficient (Wildman–Crippen LogP) is 3.13. The number of aromatic hydroxyl groups is 1. The molecule has 2 aromatic carbocycles. The number of carbonyl (C=O) groups excluding carboxylic acids is 2. The number of Topliss-reactive ketones (excluding diaryl/α,β-unsaturated/α-hetero) is 1. The number of hydrogen-bond acceptors (Lipinski definition) is 7. The normalized spacial score (nSPS) is 17.3. The number of phenols is 1. The van der Waals surface area contributed by atoms with Crippen LogP contribution in [0.4, 0.5) is 4.79 Å². The van der Waals surface area contributed by atoms with Crippen LogP contribution in [0.15, 0.2) is 46.2 Å². The number of rotatable bonds is 3. The Hall–Kier alpha value is -2.97. The molecule has 29 heavy (non-hydrogen) atoms. The van der Waals surface area contributed by atoms with Crippen molar-refractivity contribution in [2.45, 2.75) is 4.90 Å². The summed E-state index contributed by atoms with van der Waals surface area (Å²) in [5.74, 6) is 0.755. The van der Waals surface area contributed by atoms with Crippen LogP contribution in [-0.2, 0) is 0 Å². The first-order chi connectivity index (χ1) is 14.1. The largest absolute Gasteiger partial charge is 0.508 e. The number of piperazine rings is 1. The highest BCUT2D eigenvalue weighted by Crippen LogP contribution is 2.49. The molecule has 4 rings (SSSR count). The molecule has 2 N–H and O–H groups in total. The van der Waals surface area contributed by atoms with E-state index >= 15 is 0 Å². The van der Waals surface area contributed by atoms with E-state index in [1.807, 2.05) is 0 Å². The lowest BCUT2D eigenvalue weighted by atomic mass is 10.1. The Morgan fingerprint density at radius 1 is 1.14 bits per heavy atom. The van der Waals surface area contributed by atoms with Gasteiger partial charge in [0.25, 0.3) is 0 Å². The summed E-state index contributed by atoms with van der Waals surface area (Å²) < 4.78 is 11.0. The number of methoxy groups -OCH3 is 1. The van der Waals surface area contributed by atoms with Gasteiger partial charge in [-0.25, -0.2) is 4.79 Å². The van der Waals surface area contributed by atoms with Gasteiger partial charge in [-0.2, -0.15) is 0 Å². The fourth-order valence-corrected chi connectivity index (χ4v) is 4.33. The van der Waals surface area contributed by atoms with E-state index in [4.69, 9.17) is 9.47 Å². The number of nitrogens with zero attached hydrogens (tertiary/aromatic N) is 1. The van der Waals surface area contributed by atoms with E-state index in [-0.39, 0.29) is 11.5 Å². The molecule has 0 aromatic heterocycles. The van der Waals surface area contributed by atoms with Gasteiger partial charge in [-0.15, -0.1) is 0 Å². The lowest BCUT2D eigenvalue weighted by Gasteiger charge is -2.26. The molecule has 2 heterocycles. The third-order valence-corrected chi connectivity index (χ3v) is 5.86. The van der Waals surface area contributed by atoms with E-state index in [0.29, 0.717) is 40.0 Å². The van der Waals surface area contributed by atoms with Gasteiger partial charge in [0, 0.05) is 26.2 Å². The van der Waals surface area contributed by atoms with E-state index in [1.54, 1.807) is 47.4 Å². The molecule has 0 atom stereocenters. The third kappa shape index (κ3) is 3.94. The van der Waals surface area contributed by atoms with Crippen LogP contribution in [0.25, 0.3) is 6.08 Å². The second kappa shape index (κ2) is 8.18. The van der Waals surface area contributed by atoms with E-state index in [1.165, 1.54) is 18.9 Å². The van der Waals surface area contributed by atoms with Gasteiger partial charge in [0.05, 0.1) is 22.5 Å². The average Bonchev–Trinajstić information content (AvgIpc) is 3.07. The van der Waals surface area contributed by atoms with Gasteiger partial charge in [0.15, 0.2) is 0 Å². The number of allylic oxidation sites excluding steroid dienone is 1. The molecule has 0 saturated carbocycles. The van der Waals surface area contributed by atoms with Crippen LogP contribution < -0.4 is 14.8 Å². The van der Waals surface area contributed by atoms with E-state index < -0.39 is 6.09 Å². The minimum absolute atomic E-state index is 0.157. The first-order valence-electron chi connectivity index (χ1n) is 9.18. The number of nitrogens with one attached hydrogen (secondary N) is 1. The topological polar surface area (TPSA) is 88.1 Å².